The zero-order valence-corrected chi connectivity index (χ0v) is 10.7. The van der Waals surface area contributed by atoms with E-state index in [-0.39, 0.29) is 0 Å². The molecule has 2 atom stereocenters. The van der Waals surface area contributed by atoms with Crippen molar-refractivity contribution < 1.29 is 0 Å². The van der Waals surface area contributed by atoms with Gasteiger partial charge in [-0.25, -0.2) is 0 Å². The van der Waals surface area contributed by atoms with Crippen LogP contribution in [0.2, 0.25) is 0 Å². The fourth-order valence-electron chi connectivity index (χ4n) is 2.46. The van der Waals surface area contributed by atoms with Gasteiger partial charge in [-0.2, -0.15) is 0 Å². The molecule has 0 amide bonds. The van der Waals surface area contributed by atoms with Crippen molar-refractivity contribution >= 4 is 11.8 Å². The van der Waals surface area contributed by atoms with Crippen molar-refractivity contribution in [2.45, 2.75) is 43.4 Å². The largest absolute Gasteiger partial charge is 0.312 e. The average Bonchev–Trinajstić information content (AvgIpc) is 2.55. The van der Waals surface area contributed by atoms with Crippen LogP contribution in [0.25, 0.3) is 0 Å². The average molecular weight is 221 g/mol. The predicted octanol–water partition coefficient (Wildman–Crippen LogP) is 3.45. The molecule has 0 aromatic heterocycles. The Labute approximate surface area is 96.7 Å². The van der Waals surface area contributed by atoms with Crippen LogP contribution in [0, 0.1) is 13.8 Å². The van der Waals surface area contributed by atoms with Gasteiger partial charge in [0.15, 0.2) is 0 Å². The molecule has 2 unspecified atom stereocenters. The zero-order valence-electron chi connectivity index (χ0n) is 9.92. The van der Waals surface area contributed by atoms with Crippen LogP contribution in [0.1, 0.15) is 36.1 Å². The molecular formula is C13H19NS. The van der Waals surface area contributed by atoms with E-state index >= 15 is 0 Å². The van der Waals surface area contributed by atoms with Gasteiger partial charge in [0.25, 0.3) is 0 Å². The Hall–Kier alpha value is -0.470. The first-order valence-electron chi connectivity index (χ1n) is 5.62. The van der Waals surface area contributed by atoms with E-state index in [1.165, 1.54) is 28.0 Å². The van der Waals surface area contributed by atoms with Gasteiger partial charge in [-0.1, -0.05) is 24.6 Å². The van der Waals surface area contributed by atoms with Crippen molar-refractivity contribution in [2.24, 2.45) is 0 Å². The topological polar surface area (TPSA) is 12.0 Å². The van der Waals surface area contributed by atoms with E-state index in [1.54, 1.807) is 0 Å². The molecule has 15 heavy (non-hydrogen) atoms. The fraction of sp³-hybridized carbons (Fsp3) is 0.538. The van der Waals surface area contributed by atoms with Crippen molar-refractivity contribution in [3.63, 3.8) is 0 Å². The van der Waals surface area contributed by atoms with Gasteiger partial charge in [0, 0.05) is 16.2 Å². The molecule has 0 radical (unpaired) electrons. The number of fused-ring (bicyclic) bond motifs is 1. The van der Waals surface area contributed by atoms with Crippen LogP contribution in [0.15, 0.2) is 17.0 Å². The summed E-state index contributed by atoms with van der Waals surface area (Å²) >= 11 is 2.04. The molecule has 0 saturated carbocycles. The van der Waals surface area contributed by atoms with Gasteiger partial charge in [-0.05, 0) is 38.4 Å². The van der Waals surface area contributed by atoms with Gasteiger partial charge in [0.1, 0.15) is 0 Å². The summed E-state index contributed by atoms with van der Waals surface area (Å²) in [5.74, 6) is 0. The first kappa shape index (κ1) is 11.0. The number of hydrogen-bond donors (Lipinski definition) is 1. The third-order valence-electron chi connectivity index (χ3n) is 3.14. The summed E-state index contributed by atoms with van der Waals surface area (Å²) in [7, 11) is 2.07. The molecule has 82 valence electrons. The minimum absolute atomic E-state index is 0.536. The zero-order chi connectivity index (χ0) is 11.0. The molecule has 1 aliphatic heterocycles. The minimum Gasteiger partial charge on any atom is -0.312 e. The number of nitrogens with one attached hydrogen (secondary N) is 1. The SMILES string of the molecule is CCC1Sc2c(C)cc(C)cc2C1NC. The number of benzene rings is 1. The molecule has 0 fully saturated rings. The van der Waals surface area contributed by atoms with Crippen LogP contribution in [0.5, 0.6) is 0 Å². The highest BCUT2D eigenvalue weighted by atomic mass is 32.2. The molecule has 0 bridgehead atoms. The van der Waals surface area contributed by atoms with Crippen molar-refractivity contribution in [2.75, 3.05) is 7.05 Å². The van der Waals surface area contributed by atoms with Crippen LogP contribution >= 0.6 is 11.8 Å². The summed E-state index contributed by atoms with van der Waals surface area (Å²) in [6.45, 7) is 6.68. The quantitative estimate of drug-likeness (QED) is 0.821. The number of hydrogen-bond acceptors (Lipinski definition) is 2. The lowest BCUT2D eigenvalue weighted by molar-refractivity contribution is 0.562. The highest BCUT2D eigenvalue weighted by molar-refractivity contribution is 8.00. The minimum atomic E-state index is 0.536. The smallest absolute Gasteiger partial charge is 0.0452 e. The third-order valence-corrected chi connectivity index (χ3v) is 4.84. The Morgan fingerprint density at radius 1 is 1.33 bits per heavy atom. The highest BCUT2D eigenvalue weighted by Crippen LogP contribution is 2.47. The van der Waals surface area contributed by atoms with Gasteiger partial charge < -0.3 is 5.32 Å². The summed E-state index contributed by atoms with van der Waals surface area (Å²) < 4.78 is 0. The second-order valence-corrected chi connectivity index (χ2v) is 5.58. The van der Waals surface area contributed by atoms with Crippen molar-refractivity contribution in [3.05, 3.63) is 28.8 Å². The summed E-state index contributed by atoms with van der Waals surface area (Å²) in [6.07, 6.45) is 1.23. The molecule has 2 heteroatoms. The number of aryl methyl sites for hydroxylation is 2. The molecular weight excluding hydrogens is 202 g/mol. The first-order valence-corrected chi connectivity index (χ1v) is 6.50. The Morgan fingerprint density at radius 2 is 2.07 bits per heavy atom. The van der Waals surface area contributed by atoms with Crippen LogP contribution in [-0.2, 0) is 0 Å². The molecule has 1 N–H and O–H groups in total. The monoisotopic (exact) mass is 221 g/mol. The first-order chi connectivity index (χ1) is 7.17. The molecule has 0 aliphatic carbocycles. The summed E-state index contributed by atoms with van der Waals surface area (Å²) in [6, 6.07) is 5.16. The van der Waals surface area contributed by atoms with Crippen molar-refractivity contribution in [1.82, 2.24) is 5.32 Å². The molecule has 0 saturated heterocycles. The normalized spacial score (nSPS) is 24.3. The van der Waals surface area contributed by atoms with Crippen LogP contribution in [0.3, 0.4) is 0 Å². The van der Waals surface area contributed by atoms with Gasteiger partial charge in [-0.15, -0.1) is 11.8 Å². The number of thioether (sulfide) groups is 1. The lowest BCUT2D eigenvalue weighted by Crippen LogP contribution is -2.23. The van der Waals surface area contributed by atoms with Gasteiger partial charge in [0.05, 0.1) is 0 Å². The standard InChI is InChI=1S/C13H19NS/c1-5-11-12(14-4)10-7-8(2)6-9(3)13(10)15-11/h6-7,11-12,14H,5H2,1-4H3. The Bertz CT molecular complexity index is 373. The Kier molecular flexibility index (Phi) is 3.08. The lowest BCUT2D eigenvalue weighted by Gasteiger charge is -2.17. The van der Waals surface area contributed by atoms with E-state index in [9.17, 15) is 0 Å². The van der Waals surface area contributed by atoms with E-state index in [4.69, 9.17) is 0 Å². The van der Waals surface area contributed by atoms with E-state index in [1.807, 2.05) is 11.8 Å². The lowest BCUT2D eigenvalue weighted by atomic mass is 9.98. The molecule has 0 spiro atoms. The second kappa shape index (κ2) is 4.18. The summed E-state index contributed by atoms with van der Waals surface area (Å²) in [4.78, 5) is 1.51. The van der Waals surface area contributed by atoms with Crippen molar-refractivity contribution in [3.8, 4) is 0 Å². The molecule has 1 aliphatic rings. The Balaban J connectivity index is 2.47. The van der Waals surface area contributed by atoms with Crippen molar-refractivity contribution in [1.29, 1.82) is 0 Å². The molecule has 2 rings (SSSR count). The van der Waals surface area contributed by atoms with Crippen LogP contribution in [-0.4, -0.2) is 12.3 Å². The highest BCUT2D eigenvalue weighted by Gasteiger charge is 2.31. The maximum Gasteiger partial charge on any atom is 0.0452 e. The van der Waals surface area contributed by atoms with E-state index in [2.05, 4.69) is 45.3 Å². The summed E-state index contributed by atoms with van der Waals surface area (Å²) in [5, 5.41) is 4.15. The predicted molar refractivity (Wildman–Crippen MR) is 67.7 cm³/mol. The second-order valence-electron chi connectivity index (χ2n) is 4.33. The maximum absolute atomic E-state index is 3.45. The summed E-state index contributed by atoms with van der Waals surface area (Å²) in [5.41, 5.74) is 4.32. The van der Waals surface area contributed by atoms with E-state index in [0.717, 1.165) is 0 Å². The third kappa shape index (κ3) is 1.81. The maximum atomic E-state index is 3.45. The molecule has 1 aromatic carbocycles. The van der Waals surface area contributed by atoms with Gasteiger partial charge >= 0.3 is 0 Å². The van der Waals surface area contributed by atoms with Gasteiger partial charge in [-0.3, -0.25) is 0 Å². The molecule has 1 aromatic rings. The van der Waals surface area contributed by atoms with Crippen LogP contribution < -0.4 is 5.32 Å². The Morgan fingerprint density at radius 3 is 2.67 bits per heavy atom. The fourth-order valence-corrected chi connectivity index (χ4v) is 3.91. The van der Waals surface area contributed by atoms with E-state index < -0.39 is 0 Å². The van der Waals surface area contributed by atoms with Gasteiger partial charge in [0.2, 0.25) is 0 Å². The molecule has 1 heterocycles. The van der Waals surface area contributed by atoms with Crippen LogP contribution in [0.4, 0.5) is 0 Å². The number of rotatable bonds is 2. The molecule has 1 nitrogen and oxygen atoms in total. The van der Waals surface area contributed by atoms with E-state index in [0.29, 0.717) is 11.3 Å².